The van der Waals surface area contributed by atoms with Crippen molar-refractivity contribution in [2.24, 2.45) is 0 Å². The second-order valence-corrected chi connectivity index (χ2v) is 11.8. The number of phenolic OH excluding ortho intramolecular Hbond substituents is 1. The van der Waals surface area contributed by atoms with Crippen molar-refractivity contribution >= 4 is 23.5 Å². The standard InChI is InChI=1S/C31H37F2N5O4/c1-17(2)25-26(18(3)11-12-34-25)35-28-20(15-22(33)27(36-28)24-21(32)9-8-10-23(24)39)29(40)38-14-13-37(16-19(38)4)30(41)42-31(5,6)7/h8-12,15,17,19,39H,13-14,16H2,1-7H3,(H,35,36)/t19-/m0/s1. The van der Waals surface area contributed by atoms with Crippen LogP contribution in [0.2, 0.25) is 0 Å². The lowest BCUT2D eigenvalue weighted by molar-refractivity contribution is 0.00617. The van der Waals surface area contributed by atoms with Crippen LogP contribution in [0.4, 0.5) is 25.1 Å². The number of rotatable bonds is 5. The number of aryl methyl sites for hydroxylation is 1. The number of hydrogen-bond donors (Lipinski definition) is 2. The highest BCUT2D eigenvalue weighted by atomic mass is 19.1. The molecule has 0 saturated carbocycles. The summed E-state index contributed by atoms with van der Waals surface area (Å²) in [6.07, 6.45) is 1.20. The van der Waals surface area contributed by atoms with Gasteiger partial charge in [0, 0.05) is 31.9 Å². The predicted octanol–water partition coefficient (Wildman–Crippen LogP) is 6.38. The second-order valence-electron chi connectivity index (χ2n) is 11.8. The summed E-state index contributed by atoms with van der Waals surface area (Å²) in [5, 5.41) is 13.6. The number of nitrogens with zero attached hydrogens (tertiary/aromatic N) is 4. The average molecular weight is 582 g/mol. The van der Waals surface area contributed by atoms with Gasteiger partial charge >= 0.3 is 6.09 Å². The summed E-state index contributed by atoms with van der Waals surface area (Å²) in [5.41, 5.74) is 0.505. The van der Waals surface area contributed by atoms with Gasteiger partial charge in [0.15, 0.2) is 5.82 Å². The largest absolute Gasteiger partial charge is 0.507 e. The maximum absolute atomic E-state index is 15.6. The smallest absolute Gasteiger partial charge is 0.410 e. The number of nitrogens with one attached hydrogen (secondary N) is 1. The van der Waals surface area contributed by atoms with Crippen LogP contribution in [0.3, 0.4) is 0 Å². The topological polar surface area (TPSA) is 108 Å². The van der Waals surface area contributed by atoms with Gasteiger partial charge in [-0.3, -0.25) is 9.78 Å². The number of halogens is 2. The van der Waals surface area contributed by atoms with E-state index in [1.165, 1.54) is 17.0 Å². The van der Waals surface area contributed by atoms with Gasteiger partial charge < -0.3 is 25.0 Å². The number of phenols is 1. The Labute approximate surface area is 244 Å². The number of aromatic nitrogens is 2. The highest BCUT2D eigenvalue weighted by molar-refractivity contribution is 6.00. The van der Waals surface area contributed by atoms with Gasteiger partial charge in [-0.15, -0.1) is 0 Å². The van der Waals surface area contributed by atoms with Gasteiger partial charge in [0.05, 0.1) is 22.5 Å². The van der Waals surface area contributed by atoms with Crippen LogP contribution in [-0.4, -0.2) is 68.2 Å². The molecule has 1 aliphatic heterocycles. The summed E-state index contributed by atoms with van der Waals surface area (Å²) >= 11 is 0. The van der Waals surface area contributed by atoms with E-state index in [2.05, 4.69) is 15.3 Å². The molecule has 9 nitrogen and oxygen atoms in total. The lowest BCUT2D eigenvalue weighted by Gasteiger charge is -2.40. The number of amides is 2. The van der Waals surface area contributed by atoms with Crippen LogP contribution in [0.15, 0.2) is 36.5 Å². The molecule has 11 heteroatoms. The highest BCUT2D eigenvalue weighted by Crippen LogP contribution is 2.36. The molecule has 2 N–H and O–H groups in total. The van der Waals surface area contributed by atoms with E-state index >= 15 is 4.39 Å². The fourth-order valence-corrected chi connectivity index (χ4v) is 4.87. The zero-order chi connectivity index (χ0) is 30.9. The molecule has 1 saturated heterocycles. The van der Waals surface area contributed by atoms with Crippen LogP contribution in [0, 0.1) is 18.6 Å². The number of hydrogen-bond acceptors (Lipinski definition) is 7. The molecule has 1 atom stereocenters. The molecular weight excluding hydrogens is 544 g/mol. The fraction of sp³-hybridized carbons (Fsp3) is 0.419. The molecule has 2 aromatic heterocycles. The minimum Gasteiger partial charge on any atom is -0.507 e. The molecular formula is C31H37F2N5O4. The van der Waals surface area contributed by atoms with Gasteiger partial charge in [0.25, 0.3) is 5.91 Å². The Bertz CT molecular complexity index is 1490. The van der Waals surface area contributed by atoms with Crippen molar-refractivity contribution < 1.29 is 28.2 Å². The molecule has 42 heavy (non-hydrogen) atoms. The molecule has 2 amide bonds. The van der Waals surface area contributed by atoms with Crippen LogP contribution in [0.5, 0.6) is 5.75 Å². The zero-order valence-electron chi connectivity index (χ0n) is 25.0. The number of carbonyl (C=O) groups is 2. The zero-order valence-corrected chi connectivity index (χ0v) is 25.0. The summed E-state index contributed by atoms with van der Waals surface area (Å²) in [6.45, 7) is 13.6. The first-order chi connectivity index (χ1) is 19.7. The molecule has 1 aromatic carbocycles. The molecule has 3 aromatic rings. The van der Waals surface area contributed by atoms with Gasteiger partial charge in [-0.1, -0.05) is 19.9 Å². The monoisotopic (exact) mass is 581 g/mol. The van der Waals surface area contributed by atoms with Crippen molar-refractivity contribution in [3.8, 4) is 17.0 Å². The molecule has 3 heterocycles. The van der Waals surface area contributed by atoms with E-state index in [-0.39, 0.29) is 36.9 Å². The molecule has 1 fully saturated rings. The van der Waals surface area contributed by atoms with Crippen LogP contribution in [0.25, 0.3) is 11.3 Å². The van der Waals surface area contributed by atoms with Gasteiger partial charge in [-0.2, -0.15) is 0 Å². The first kappa shape index (κ1) is 30.7. The maximum atomic E-state index is 15.6. The Hall–Kier alpha value is -4.28. The fourth-order valence-electron chi connectivity index (χ4n) is 4.87. The summed E-state index contributed by atoms with van der Waals surface area (Å²) in [7, 11) is 0. The first-order valence-corrected chi connectivity index (χ1v) is 13.9. The molecule has 1 aliphatic rings. The minimum atomic E-state index is -0.976. The second kappa shape index (κ2) is 11.9. The van der Waals surface area contributed by atoms with Crippen LogP contribution in [-0.2, 0) is 4.74 Å². The van der Waals surface area contributed by atoms with E-state index in [0.717, 1.165) is 17.7 Å². The van der Waals surface area contributed by atoms with E-state index in [4.69, 9.17) is 4.74 Å². The third-order valence-electron chi connectivity index (χ3n) is 6.95. The van der Waals surface area contributed by atoms with E-state index in [0.29, 0.717) is 11.4 Å². The number of piperazine rings is 1. The van der Waals surface area contributed by atoms with Crippen molar-refractivity contribution in [3.05, 3.63) is 65.0 Å². The number of carbonyl (C=O) groups excluding carboxylic acids is 2. The van der Waals surface area contributed by atoms with Crippen LogP contribution < -0.4 is 5.32 Å². The van der Waals surface area contributed by atoms with E-state index in [1.807, 2.05) is 20.8 Å². The highest BCUT2D eigenvalue weighted by Gasteiger charge is 2.34. The van der Waals surface area contributed by atoms with Crippen molar-refractivity contribution in [3.63, 3.8) is 0 Å². The SMILES string of the molecule is Cc1ccnc(C(C)C)c1Nc1nc(-c2c(O)cccc2F)c(F)cc1C(=O)N1CCN(C(=O)OC(C)(C)C)C[C@@H]1C. The van der Waals surface area contributed by atoms with Gasteiger partial charge in [-0.05, 0) is 70.4 Å². The Morgan fingerprint density at radius 1 is 1.14 bits per heavy atom. The quantitative estimate of drug-likeness (QED) is 0.360. The van der Waals surface area contributed by atoms with Crippen molar-refractivity contribution in [2.75, 3.05) is 25.0 Å². The van der Waals surface area contributed by atoms with Gasteiger partial charge in [0.1, 0.15) is 28.7 Å². The lowest BCUT2D eigenvalue weighted by Crippen LogP contribution is -2.56. The first-order valence-electron chi connectivity index (χ1n) is 13.9. The third-order valence-corrected chi connectivity index (χ3v) is 6.95. The summed E-state index contributed by atoms with van der Waals surface area (Å²) in [4.78, 5) is 38.5. The number of pyridine rings is 2. The van der Waals surface area contributed by atoms with Crippen molar-refractivity contribution in [1.29, 1.82) is 0 Å². The Kier molecular flexibility index (Phi) is 8.70. The van der Waals surface area contributed by atoms with Crippen molar-refractivity contribution in [1.82, 2.24) is 19.8 Å². The van der Waals surface area contributed by atoms with Crippen LogP contribution >= 0.6 is 0 Å². The number of anilines is 2. The van der Waals surface area contributed by atoms with E-state index < -0.39 is 52.3 Å². The Morgan fingerprint density at radius 2 is 1.86 bits per heavy atom. The Morgan fingerprint density at radius 3 is 2.48 bits per heavy atom. The molecule has 4 rings (SSSR count). The van der Waals surface area contributed by atoms with Gasteiger partial charge in [-0.25, -0.2) is 18.6 Å². The third kappa shape index (κ3) is 6.45. The predicted molar refractivity (Wildman–Crippen MR) is 156 cm³/mol. The Balaban J connectivity index is 1.77. The molecule has 224 valence electrons. The average Bonchev–Trinajstić information content (AvgIpc) is 2.89. The summed E-state index contributed by atoms with van der Waals surface area (Å²) in [5.74, 6) is -2.85. The maximum Gasteiger partial charge on any atom is 0.410 e. The van der Waals surface area contributed by atoms with E-state index in [9.17, 15) is 19.1 Å². The minimum absolute atomic E-state index is 0.00281. The number of benzene rings is 1. The lowest BCUT2D eigenvalue weighted by atomic mass is 10.0. The molecule has 0 spiro atoms. The molecule has 0 radical (unpaired) electrons. The normalized spacial score (nSPS) is 15.6. The molecule has 0 unspecified atom stereocenters. The van der Waals surface area contributed by atoms with Crippen molar-refractivity contribution in [2.45, 2.75) is 66.0 Å². The van der Waals surface area contributed by atoms with E-state index in [1.54, 1.807) is 44.9 Å². The number of ether oxygens (including phenoxy) is 1. The van der Waals surface area contributed by atoms with Crippen LogP contribution in [0.1, 0.15) is 69.1 Å². The summed E-state index contributed by atoms with van der Waals surface area (Å²) < 4.78 is 35.9. The molecule has 0 bridgehead atoms. The summed E-state index contributed by atoms with van der Waals surface area (Å²) in [6, 6.07) is 6.01. The number of aromatic hydroxyl groups is 1. The molecule has 0 aliphatic carbocycles. The van der Waals surface area contributed by atoms with Gasteiger partial charge in [0.2, 0.25) is 0 Å².